The maximum Gasteiger partial charge on any atom is 0.332 e. The Hall–Kier alpha value is -2.44. The van der Waals surface area contributed by atoms with Crippen LogP contribution in [0.2, 0.25) is 0 Å². The summed E-state index contributed by atoms with van der Waals surface area (Å²) in [5, 5.41) is 100. The van der Waals surface area contributed by atoms with Gasteiger partial charge in [0.25, 0.3) is 0 Å². The minimum absolute atomic E-state index is 0.00247. The highest BCUT2D eigenvalue weighted by atomic mass is 16.8. The van der Waals surface area contributed by atoms with E-state index in [1.807, 2.05) is 19.1 Å². The number of carbonyl (C=O) groups excluding carboxylic acids is 1. The number of carbonyl (C=O) groups is 2. The van der Waals surface area contributed by atoms with Crippen molar-refractivity contribution in [3.05, 3.63) is 36.5 Å². The molecule has 8 bridgehead atoms. The summed E-state index contributed by atoms with van der Waals surface area (Å²) in [4.78, 5) is 24.8. The minimum Gasteiger partial charge on any atom is -0.479 e. The van der Waals surface area contributed by atoms with Gasteiger partial charge in [0.2, 0.25) is 0 Å². The normalized spacial score (nSPS) is 44.5. The molecule has 19 nitrogen and oxygen atoms in total. The van der Waals surface area contributed by atoms with E-state index in [0.29, 0.717) is 51.4 Å². The predicted molar refractivity (Wildman–Crippen MR) is 254 cm³/mol. The number of hydrogen-bond donors (Lipinski definition) is 9. The zero-order valence-corrected chi connectivity index (χ0v) is 42.2. The van der Waals surface area contributed by atoms with Crippen molar-refractivity contribution in [2.75, 3.05) is 14.2 Å². The molecule has 6 unspecified atom stereocenters. The summed E-state index contributed by atoms with van der Waals surface area (Å²) in [5.41, 5.74) is 0. The van der Waals surface area contributed by atoms with E-state index in [9.17, 15) is 50.4 Å². The Balaban J connectivity index is 1.25. The van der Waals surface area contributed by atoms with Gasteiger partial charge in [-0.05, 0) is 82.6 Å². The van der Waals surface area contributed by atoms with Gasteiger partial charge in [0.15, 0.2) is 23.5 Å². The number of carboxylic acid groups (broad SMARTS) is 1. The van der Waals surface area contributed by atoms with Gasteiger partial charge in [-0.3, -0.25) is 4.79 Å². The van der Waals surface area contributed by atoms with Crippen LogP contribution < -0.4 is 0 Å². The highest BCUT2D eigenvalue weighted by Crippen LogP contribution is 2.48. The number of fused-ring (bicyclic) bond motifs is 6. The number of allylic oxidation sites excluding steroid dienone is 2. The topological polar surface area (TPSA) is 290 Å². The standard InChI is InChI=1S/C52H84O19/c1-30-18-21-50-23-20-40(64-4)48(70-50)47(60)45(58)31(2)16-17-39-46(59)43(65-5)28-51(68-39)22-19-32(3)52(63,71-51)29-42(37(55)14-9-7-6-8-10-15-38(56)49(61)62)67-44(57)27-36-13-11-12-35(66-36)25-33(53)24-34(54)26-41(30)69-50/h7-10,18,21,30-43,45-48,53-56,58-60,63H,6,11-17,19-20,22-29H2,1-5H3,(H,61,62)/b9-7+,10-8-/t30-,31?,32-,33+,34+,35+,36+,37?,38?,39+,40-,41+,42?,43+,45?,46+,47?,48-,50-,51+,52+/m0/s1. The van der Waals surface area contributed by atoms with Gasteiger partial charge >= 0.3 is 11.9 Å². The van der Waals surface area contributed by atoms with Crippen molar-refractivity contribution in [1.82, 2.24) is 0 Å². The Morgan fingerprint density at radius 1 is 0.775 bits per heavy atom. The molecule has 0 saturated carbocycles. The van der Waals surface area contributed by atoms with Crippen LogP contribution in [0, 0.1) is 17.8 Å². The summed E-state index contributed by atoms with van der Waals surface area (Å²) in [6.07, 6.45) is -0.0237. The van der Waals surface area contributed by atoms with Crippen molar-refractivity contribution in [3.63, 3.8) is 0 Å². The van der Waals surface area contributed by atoms with Gasteiger partial charge in [-0.15, -0.1) is 0 Å². The summed E-state index contributed by atoms with van der Waals surface area (Å²) in [6.45, 7) is 5.53. The number of hydrogen-bond acceptors (Lipinski definition) is 18. The molecular weight excluding hydrogens is 929 g/mol. The van der Waals surface area contributed by atoms with Gasteiger partial charge in [0, 0.05) is 64.6 Å². The smallest absolute Gasteiger partial charge is 0.332 e. The number of methoxy groups -OCH3 is 2. The second kappa shape index (κ2) is 25.9. The fourth-order valence-electron chi connectivity index (χ4n) is 11.3. The Morgan fingerprint density at radius 2 is 1.48 bits per heavy atom. The van der Waals surface area contributed by atoms with Crippen molar-refractivity contribution in [2.45, 2.75) is 245 Å². The number of aliphatic hydroxyl groups is 8. The molecule has 6 aliphatic heterocycles. The Bertz CT molecular complexity index is 1780. The fraction of sp³-hybridized carbons (Fsp3) is 0.846. The largest absolute Gasteiger partial charge is 0.479 e. The molecule has 2 spiro atoms. The molecule has 6 aliphatic rings. The maximum absolute atomic E-state index is 13.9. The molecule has 0 radical (unpaired) electrons. The van der Waals surface area contributed by atoms with E-state index >= 15 is 0 Å². The van der Waals surface area contributed by atoms with Crippen molar-refractivity contribution >= 4 is 11.9 Å². The zero-order chi connectivity index (χ0) is 51.7. The molecule has 21 atom stereocenters. The summed E-state index contributed by atoms with van der Waals surface area (Å²) in [5.74, 6) is -7.95. The average molecular weight is 1010 g/mol. The van der Waals surface area contributed by atoms with Crippen LogP contribution >= 0.6 is 0 Å². The van der Waals surface area contributed by atoms with Crippen molar-refractivity contribution < 1.29 is 93.4 Å². The molecule has 9 N–H and O–H groups in total. The molecule has 406 valence electrons. The number of esters is 1. The molecular formula is C52H84O19. The number of carboxylic acids is 1. The maximum atomic E-state index is 13.9. The summed E-state index contributed by atoms with van der Waals surface area (Å²) in [6, 6.07) is 0. The Morgan fingerprint density at radius 3 is 2.20 bits per heavy atom. The third kappa shape index (κ3) is 15.3. The van der Waals surface area contributed by atoms with Crippen LogP contribution in [0.15, 0.2) is 36.5 Å². The molecule has 19 heteroatoms. The lowest BCUT2D eigenvalue weighted by atomic mass is 9.80. The fourth-order valence-corrected chi connectivity index (χ4v) is 11.3. The molecule has 71 heavy (non-hydrogen) atoms. The van der Waals surface area contributed by atoms with E-state index in [0.717, 1.165) is 0 Å². The number of aliphatic carboxylic acids is 1. The highest BCUT2D eigenvalue weighted by Gasteiger charge is 2.57. The molecule has 0 amide bonds. The van der Waals surface area contributed by atoms with Crippen LogP contribution in [-0.2, 0) is 47.5 Å². The lowest BCUT2D eigenvalue weighted by molar-refractivity contribution is -0.423. The number of rotatable bonds is 10. The summed E-state index contributed by atoms with van der Waals surface area (Å²) in [7, 11) is 2.98. The quantitative estimate of drug-likeness (QED) is 0.112. The van der Waals surface area contributed by atoms with Gasteiger partial charge in [0.1, 0.15) is 24.4 Å². The highest BCUT2D eigenvalue weighted by molar-refractivity contribution is 5.72. The molecule has 5 saturated heterocycles. The second-order valence-electron chi connectivity index (χ2n) is 21.4. The SMILES string of the molecule is CO[C@H]1CC[C@]23C=C[C@H](C)[C@@H](C[C@H](O)C[C@@H](O)C[C@H]4CCC[C@H](CC(=O)OC(C(O)C/C=C/C/C=C\CC(O)C(=O)O)C[C@@]5(O)O[C@]6(CC[C@@H]5C)C[C@@H](OC)[C@H](O)[C@@H](CCC(C)C(O)C(O)[C@H]1O2)O6)O4)O3. The Labute approximate surface area is 418 Å². The van der Waals surface area contributed by atoms with Crippen LogP contribution in [-0.4, -0.2) is 181 Å². The minimum atomic E-state index is -2.01. The average Bonchev–Trinajstić information content (AvgIpc) is 3.32. The molecule has 6 rings (SSSR count). The van der Waals surface area contributed by atoms with E-state index < -0.39 is 133 Å². The Kier molecular flexibility index (Phi) is 21.1. The molecule has 0 aliphatic carbocycles. The first-order valence-electron chi connectivity index (χ1n) is 26.0. The molecule has 0 aromatic carbocycles. The number of ether oxygens (including phenoxy) is 8. The van der Waals surface area contributed by atoms with Crippen LogP contribution in [0.25, 0.3) is 0 Å². The van der Waals surface area contributed by atoms with Crippen LogP contribution in [0.4, 0.5) is 0 Å². The zero-order valence-electron chi connectivity index (χ0n) is 42.2. The second-order valence-corrected chi connectivity index (χ2v) is 21.4. The third-order valence-corrected chi connectivity index (χ3v) is 15.8. The van der Waals surface area contributed by atoms with E-state index in [-0.39, 0.29) is 70.1 Å². The molecule has 0 aromatic rings. The van der Waals surface area contributed by atoms with Gasteiger partial charge in [-0.1, -0.05) is 51.2 Å². The summed E-state index contributed by atoms with van der Waals surface area (Å²) >= 11 is 0. The lowest BCUT2D eigenvalue weighted by Gasteiger charge is -2.54. The van der Waals surface area contributed by atoms with Crippen LogP contribution in [0.3, 0.4) is 0 Å². The third-order valence-electron chi connectivity index (χ3n) is 15.8. The van der Waals surface area contributed by atoms with Gasteiger partial charge in [-0.25, -0.2) is 4.79 Å². The lowest BCUT2D eigenvalue weighted by Crippen LogP contribution is -2.63. The van der Waals surface area contributed by atoms with Gasteiger partial charge in [0.05, 0.1) is 67.5 Å². The van der Waals surface area contributed by atoms with Crippen LogP contribution in [0.5, 0.6) is 0 Å². The predicted octanol–water partition coefficient (Wildman–Crippen LogP) is 3.23. The van der Waals surface area contributed by atoms with Crippen molar-refractivity contribution in [2.24, 2.45) is 17.8 Å². The monoisotopic (exact) mass is 1010 g/mol. The van der Waals surface area contributed by atoms with E-state index in [1.165, 1.54) is 20.3 Å². The van der Waals surface area contributed by atoms with E-state index in [2.05, 4.69) is 0 Å². The first-order valence-corrected chi connectivity index (χ1v) is 26.0. The van der Waals surface area contributed by atoms with E-state index in [4.69, 9.17) is 43.0 Å². The first kappa shape index (κ1) is 57.8. The van der Waals surface area contributed by atoms with Crippen LogP contribution in [0.1, 0.15) is 136 Å². The van der Waals surface area contributed by atoms with Crippen molar-refractivity contribution in [3.8, 4) is 0 Å². The molecule has 5 fully saturated rings. The number of aliphatic hydroxyl groups excluding tert-OH is 7. The van der Waals surface area contributed by atoms with Crippen molar-refractivity contribution in [1.29, 1.82) is 0 Å². The van der Waals surface area contributed by atoms with Gasteiger partial charge < -0.3 is 83.9 Å². The number of cyclic esters (lactones) is 1. The van der Waals surface area contributed by atoms with E-state index in [1.54, 1.807) is 32.1 Å². The molecule has 6 heterocycles. The molecule has 0 aromatic heterocycles. The van der Waals surface area contributed by atoms with Gasteiger partial charge in [-0.2, -0.15) is 0 Å². The summed E-state index contributed by atoms with van der Waals surface area (Å²) < 4.78 is 50.4. The first-order chi connectivity index (χ1) is 33.7.